The molecule has 92 valence electrons. The van der Waals surface area contributed by atoms with Crippen molar-refractivity contribution in [2.24, 2.45) is 5.92 Å². The molecule has 2 unspecified atom stereocenters. The monoisotopic (exact) mass is 226 g/mol. The van der Waals surface area contributed by atoms with Gasteiger partial charge in [0.15, 0.2) is 0 Å². The molecule has 0 spiro atoms. The first kappa shape index (κ1) is 11.7. The first-order valence-corrected chi connectivity index (χ1v) is 6.41. The summed E-state index contributed by atoms with van der Waals surface area (Å²) in [6.45, 7) is 3.64. The van der Waals surface area contributed by atoms with Crippen LogP contribution in [0.2, 0.25) is 0 Å². The molecule has 2 atom stereocenters. The maximum absolute atomic E-state index is 11.6. The van der Waals surface area contributed by atoms with Crippen molar-refractivity contribution in [1.82, 2.24) is 10.6 Å². The third kappa shape index (κ3) is 3.11. The van der Waals surface area contributed by atoms with Crippen LogP contribution in [0.4, 0.5) is 4.79 Å². The van der Waals surface area contributed by atoms with Crippen molar-refractivity contribution in [2.45, 2.75) is 51.2 Å². The van der Waals surface area contributed by atoms with E-state index in [0.29, 0.717) is 12.0 Å². The summed E-state index contributed by atoms with van der Waals surface area (Å²) in [5, 5.41) is 5.98. The molecular formula is C12H22N2O2. The molecule has 2 amide bonds. The maximum atomic E-state index is 11.6. The summed E-state index contributed by atoms with van der Waals surface area (Å²) in [5.74, 6) is 0.481. The molecule has 4 heteroatoms. The molecule has 0 aromatic carbocycles. The zero-order chi connectivity index (χ0) is 11.4. The zero-order valence-corrected chi connectivity index (χ0v) is 10.00. The van der Waals surface area contributed by atoms with E-state index in [2.05, 4.69) is 17.6 Å². The second-order valence-corrected chi connectivity index (χ2v) is 4.96. The molecule has 1 aliphatic carbocycles. The van der Waals surface area contributed by atoms with Crippen LogP contribution in [0.25, 0.3) is 0 Å². The van der Waals surface area contributed by atoms with E-state index in [-0.39, 0.29) is 12.1 Å². The number of carbonyl (C=O) groups excluding carboxylic acids is 1. The van der Waals surface area contributed by atoms with Gasteiger partial charge in [-0.15, -0.1) is 0 Å². The van der Waals surface area contributed by atoms with Crippen molar-refractivity contribution >= 4 is 6.03 Å². The van der Waals surface area contributed by atoms with Gasteiger partial charge >= 0.3 is 6.03 Å². The zero-order valence-electron chi connectivity index (χ0n) is 10.00. The number of carbonyl (C=O) groups is 1. The van der Waals surface area contributed by atoms with Crippen LogP contribution in [0.1, 0.15) is 39.0 Å². The summed E-state index contributed by atoms with van der Waals surface area (Å²) in [4.78, 5) is 11.6. The molecule has 2 aliphatic rings. The van der Waals surface area contributed by atoms with Gasteiger partial charge in [-0.25, -0.2) is 4.79 Å². The molecule has 16 heavy (non-hydrogen) atoms. The van der Waals surface area contributed by atoms with Gasteiger partial charge in [-0.2, -0.15) is 0 Å². The largest absolute Gasteiger partial charge is 0.378 e. The van der Waals surface area contributed by atoms with E-state index < -0.39 is 0 Å². The van der Waals surface area contributed by atoms with Gasteiger partial charge in [0.2, 0.25) is 0 Å². The second-order valence-electron chi connectivity index (χ2n) is 4.96. The highest BCUT2D eigenvalue weighted by Crippen LogP contribution is 2.19. The second kappa shape index (κ2) is 5.53. The van der Waals surface area contributed by atoms with E-state index in [1.807, 2.05) is 0 Å². The van der Waals surface area contributed by atoms with Crippen molar-refractivity contribution in [2.75, 3.05) is 13.2 Å². The van der Waals surface area contributed by atoms with Gasteiger partial charge in [0, 0.05) is 25.1 Å². The normalized spacial score (nSPS) is 30.6. The number of hydrogen-bond acceptors (Lipinski definition) is 2. The van der Waals surface area contributed by atoms with Gasteiger partial charge in [0.25, 0.3) is 0 Å². The molecule has 1 saturated carbocycles. The average Bonchev–Trinajstić information content (AvgIpc) is 2.87. The summed E-state index contributed by atoms with van der Waals surface area (Å²) >= 11 is 0. The summed E-state index contributed by atoms with van der Waals surface area (Å²) in [7, 11) is 0. The molecule has 1 saturated heterocycles. The minimum Gasteiger partial charge on any atom is -0.378 e. The third-order valence-electron chi connectivity index (χ3n) is 3.75. The molecule has 0 radical (unpaired) electrons. The first-order chi connectivity index (χ1) is 7.75. The Kier molecular flexibility index (Phi) is 4.04. The van der Waals surface area contributed by atoms with E-state index in [1.54, 1.807) is 0 Å². The van der Waals surface area contributed by atoms with Gasteiger partial charge in [-0.05, 0) is 26.2 Å². The van der Waals surface area contributed by atoms with E-state index in [9.17, 15) is 4.79 Å². The maximum Gasteiger partial charge on any atom is 0.315 e. The fraction of sp³-hybridized carbons (Fsp3) is 0.917. The number of rotatable bonds is 3. The lowest BCUT2D eigenvalue weighted by molar-refractivity contribution is 0.106. The molecule has 0 aromatic heterocycles. The Labute approximate surface area is 97.1 Å². The van der Waals surface area contributed by atoms with E-state index in [0.717, 1.165) is 32.4 Å². The van der Waals surface area contributed by atoms with Crippen LogP contribution in [0, 0.1) is 5.92 Å². The Morgan fingerprint density at radius 2 is 2.06 bits per heavy atom. The molecule has 0 bridgehead atoms. The lowest BCUT2D eigenvalue weighted by atomic mass is 10.0. The van der Waals surface area contributed by atoms with Crippen LogP contribution in [0.5, 0.6) is 0 Å². The molecule has 0 aromatic rings. The summed E-state index contributed by atoms with van der Waals surface area (Å²) < 4.78 is 5.46. The molecule has 1 aliphatic heterocycles. The lowest BCUT2D eigenvalue weighted by Gasteiger charge is -2.17. The van der Waals surface area contributed by atoms with Gasteiger partial charge in [-0.3, -0.25) is 0 Å². The fourth-order valence-electron chi connectivity index (χ4n) is 2.57. The predicted molar refractivity (Wildman–Crippen MR) is 62.3 cm³/mol. The molecule has 2 rings (SSSR count). The highest BCUT2D eigenvalue weighted by Gasteiger charge is 2.25. The van der Waals surface area contributed by atoms with Crippen LogP contribution in [0.15, 0.2) is 0 Å². The van der Waals surface area contributed by atoms with Gasteiger partial charge in [0.05, 0.1) is 6.10 Å². The molecule has 1 heterocycles. The van der Waals surface area contributed by atoms with Crippen molar-refractivity contribution in [1.29, 1.82) is 0 Å². The predicted octanol–water partition coefficient (Wildman–Crippen LogP) is 1.65. The Bertz CT molecular complexity index is 239. The smallest absolute Gasteiger partial charge is 0.315 e. The third-order valence-corrected chi connectivity index (χ3v) is 3.75. The summed E-state index contributed by atoms with van der Waals surface area (Å²) in [6.07, 6.45) is 6.11. The molecular weight excluding hydrogens is 204 g/mol. The first-order valence-electron chi connectivity index (χ1n) is 6.41. The van der Waals surface area contributed by atoms with Crippen molar-refractivity contribution in [3.05, 3.63) is 0 Å². The number of nitrogens with one attached hydrogen (secondary N) is 2. The summed E-state index contributed by atoms with van der Waals surface area (Å²) in [5.41, 5.74) is 0. The Morgan fingerprint density at radius 1 is 1.31 bits per heavy atom. The molecule has 2 N–H and O–H groups in total. The molecule has 4 nitrogen and oxygen atoms in total. The fourth-order valence-corrected chi connectivity index (χ4v) is 2.57. The van der Waals surface area contributed by atoms with E-state index >= 15 is 0 Å². The van der Waals surface area contributed by atoms with Gasteiger partial charge in [-0.1, -0.05) is 12.8 Å². The number of ether oxygens (including phenoxy) is 1. The van der Waals surface area contributed by atoms with Crippen LogP contribution < -0.4 is 10.6 Å². The van der Waals surface area contributed by atoms with Crippen LogP contribution >= 0.6 is 0 Å². The Balaban J connectivity index is 1.63. The Morgan fingerprint density at radius 3 is 2.69 bits per heavy atom. The van der Waals surface area contributed by atoms with Gasteiger partial charge < -0.3 is 15.4 Å². The van der Waals surface area contributed by atoms with E-state index in [1.165, 1.54) is 12.8 Å². The van der Waals surface area contributed by atoms with Crippen LogP contribution in [-0.4, -0.2) is 31.3 Å². The lowest BCUT2D eigenvalue weighted by Crippen LogP contribution is -2.43. The number of urea groups is 1. The van der Waals surface area contributed by atoms with Gasteiger partial charge in [0.1, 0.15) is 0 Å². The quantitative estimate of drug-likeness (QED) is 0.769. The van der Waals surface area contributed by atoms with Crippen LogP contribution in [0.3, 0.4) is 0 Å². The van der Waals surface area contributed by atoms with Crippen LogP contribution in [-0.2, 0) is 4.74 Å². The minimum atomic E-state index is -0.00833. The van der Waals surface area contributed by atoms with Crippen molar-refractivity contribution < 1.29 is 9.53 Å². The highest BCUT2D eigenvalue weighted by molar-refractivity contribution is 5.74. The van der Waals surface area contributed by atoms with E-state index in [4.69, 9.17) is 4.74 Å². The number of hydrogen-bond donors (Lipinski definition) is 2. The minimum absolute atomic E-state index is 0.00833. The highest BCUT2D eigenvalue weighted by atomic mass is 16.5. The molecule has 2 fully saturated rings. The topological polar surface area (TPSA) is 50.4 Å². The SMILES string of the molecule is CC1OCCC1CNC(=O)NC1CCCC1. The summed E-state index contributed by atoms with van der Waals surface area (Å²) in [6, 6.07) is 0.392. The standard InChI is InChI=1S/C12H22N2O2/c1-9-10(6-7-16-9)8-13-12(15)14-11-4-2-3-5-11/h9-11H,2-8H2,1H3,(H2,13,14,15). The average molecular weight is 226 g/mol. The Hall–Kier alpha value is -0.770. The van der Waals surface area contributed by atoms with Crippen molar-refractivity contribution in [3.8, 4) is 0 Å². The van der Waals surface area contributed by atoms with Crippen molar-refractivity contribution in [3.63, 3.8) is 0 Å². The number of amides is 2.